The van der Waals surface area contributed by atoms with E-state index in [1.165, 1.54) is 12.1 Å². The molecule has 0 atom stereocenters. The van der Waals surface area contributed by atoms with Gasteiger partial charge in [-0.05, 0) is 42.0 Å². The zero-order valence-corrected chi connectivity index (χ0v) is 12.8. The largest absolute Gasteiger partial charge is 0.488 e. The molecule has 23 heavy (non-hydrogen) atoms. The van der Waals surface area contributed by atoms with Crippen LogP contribution in [0.2, 0.25) is 0 Å². The van der Waals surface area contributed by atoms with Crippen molar-refractivity contribution in [2.24, 2.45) is 10.8 Å². The molecule has 0 aliphatic rings. The van der Waals surface area contributed by atoms with Crippen molar-refractivity contribution in [1.29, 1.82) is 0 Å². The Bertz CT molecular complexity index is 732. The number of nitrogens with zero attached hydrogens (tertiary/aromatic N) is 2. The summed E-state index contributed by atoms with van der Waals surface area (Å²) in [6.07, 6.45) is 1.55. The Labute approximate surface area is 137 Å². The topological polar surface area (TPSA) is 103 Å². The molecule has 2 aromatic rings. The second-order valence-corrected chi connectivity index (χ2v) is 4.92. The van der Waals surface area contributed by atoms with E-state index in [1.807, 2.05) is 18.2 Å². The van der Waals surface area contributed by atoms with Crippen LogP contribution in [0, 0.1) is 10.1 Å². The summed E-state index contributed by atoms with van der Waals surface area (Å²) in [5, 5.41) is 14.6. The average molecular weight is 330 g/mol. The number of nitrogens with two attached hydrogens (primary N) is 1. The summed E-state index contributed by atoms with van der Waals surface area (Å²) in [6, 6.07) is 13.5. The van der Waals surface area contributed by atoms with Crippen LogP contribution >= 0.6 is 12.2 Å². The van der Waals surface area contributed by atoms with Crippen LogP contribution < -0.4 is 15.9 Å². The molecule has 0 bridgehead atoms. The molecular weight excluding hydrogens is 316 g/mol. The molecule has 8 heteroatoms. The standard InChI is InChI=1S/C15H14N4O3S/c16-15(23)18-17-9-12-3-1-2-4-14(12)22-10-11-5-7-13(8-6-11)19(20)21/h1-9H,10H2,(H3,16,18,23). The van der Waals surface area contributed by atoms with E-state index in [2.05, 4.69) is 22.7 Å². The SMILES string of the molecule is NC(=S)NN=Cc1ccccc1OCc1ccc([N+](=O)[O-])cc1. The number of para-hydroxylation sites is 1. The van der Waals surface area contributed by atoms with Crippen molar-refractivity contribution < 1.29 is 9.66 Å². The third kappa shape index (κ3) is 5.04. The highest BCUT2D eigenvalue weighted by Gasteiger charge is 2.05. The lowest BCUT2D eigenvalue weighted by Gasteiger charge is -2.09. The number of ether oxygens (including phenoxy) is 1. The molecule has 0 radical (unpaired) electrons. The van der Waals surface area contributed by atoms with E-state index in [9.17, 15) is 10.1 Å². The number of thiocarbonyl (C=S) groups is 1. The van der Waals surface area contributed by atoms with Crippen LogP contribution in [0.25, 0.3) is 0 Å². The van der Waals surface area contributed by atoms with Crippen LogP contribution in [-0.2, 0) is 6.61 Å². The number of nitro groups is 1. The zero-order valence-electron chi connectivity index (χ0n) is 12.0. The van der Waals surface area contributed by atoms with E-state index in [4.69, 9.17) is 10.5 Å². The predicted molar refractivity (Wildman–Crippen MR) is 91.4 cm³/mol. The van der Waals surface area contributed by atoms with Gasteiger partial charge in [-0.2, -0.15) is 5.10 Å². The summed E-state index contributed by atoms with van der Waals surface area (Å²) in [5.41, 5.74) is 9.38. The van der Waals surface area contributed by atoms with Crippen molar-refractivity contribution in [2.45, 2.75) is 6.61 Å². The summed E-state index contributed by atoms with van der Waals surface area (Å²) in [5.74, 6) is 0.624. The fraction of sp³-hybridized carbons (Fsp3) is 0.0667. The van der Waals surface area contributed by atoms with E-state index in [0.717, 1.165) is 11.1 Å². The van der Waals surface area contributed by atoms with Crippen LogP contribution in [-0.4, -0.2) is 16.3 Å². The quantitative estimate of drug-likeness (QED) is 0.365. The van der Waals surface area contributed by atoms with Crippen molar-refractivity contribution in [3.8, 4) is 5.75 Å². The minimum Gasteiger partial charge on any atom is -0.488 e. The number of rotatable bonds is 6. The van der Waals surface area contributed by atoms with Crippen molar-refractivity contribution >= 4 is 29.2 Å². The number of nitro benzene ring substituents is 1. The summed E-state index contributed by atoms with van der Waals surface area (Å²) >= 11 is 4.66. The Morgan fingerprint density at radius 1 is 1.30 bits per heavy atom. The summed E-state index contributed by atoms with van der Waals surface area (Å²) in [6.45, 7) is 0.283. The summed E-state index contributed by atoms with van der Waals surface area (Å²) < 4.78 is 5.73. The first kappa shape index (κ1) is 16.4. The third-order valence-electron chi connectivity index (χ3n) is 2.84. The first-order valence-corrected chi connectivity index (χ1v) is 7.01. The highest BCUT2D eigenvalue weighted by atomic mass is 32.1. The fourth-order valence-electron chi connectivity index (χ4n) is 1.76. The Balaban J connectivity index is 2.04. The van der Waals surface area contributed by atoms with Gasteiger partial charge in [0.05, 0.1) is 11.1 Å². The van der Waals surface area contributed by atoms with Crippen molar-refractivity contribution in [2.75, 3.05) is 0 Å². The lowest BCUT2D eigenvalue weighted by Crippen LogP contribution is -2.24. The molecule has 0 saturated heterocycles. The number of hydrazone groups is 1. The van der Waals surface area contributed by atoms with Gasteiger partial charge >= 0.3 is 0 Å². The minimum atomic E-state index is -0.439. The van der Waals surface area contributed by atoms with E-state index in [1.54, 1.807) is 24.4 Å². The van der Waals surface area contributed by atoms with Gasteiger partial charge in [0.15, 0.2) is 5.11 Å². The minimum absolute atomic E-state index is 0.0464. The van der Waals surface area contributed by atoms with Gasteiger partial charge in [-0.15, -0.1) is 0 Å². The van der Waals surface area contributed by atoms with Crippen molar-refractivity contribution in [1.82, 2.24) is 5.43 Å². The van der Waals surface area contributed by atoms with Gasteiger partial charge < -0.3 is 10.5 Å². The molecule has 118 valence electrons. The number of non-ortho nitro benzene ring substituents is 1. The Kier molecular flexibility index (Phi) is 5.59. The zero-order chi connectivity index (χ0) is 16.7. The molecule has 0 fully saturated rings. The maximum Gasteiger partial charge on any atom is 0.269 e. The van der Waals surface area contributed by atoms with Gasteiger partial charge in [0, 0.05) is 17.7 Å². The monoisotopic (exact) mass is 330 g/mol. The normalized spacial score (nSPS) is 10.4. The lowest BCUT2D eigenvalue weighted by molar-refractivity contribution is -0.384. The highest BCUT2D eigenvalue weighted by molar-refractivity contribution is 7.80. The summed E-state index contributed by atoms with van der Waals surface area (Å²) in [7, 11) is 0. The van der Waals surface area contributed by atoms with Gasteiger partial charge in [-0.3, -0.25) is 15.5 Å². The molecule has 3 N–H and O–H groups in total. The maximum absolute atomic E-state index is 10.6. The van der Waals surface area contributed by atoms with Gasteiger partial charge in [0.25, 0.3) is 5.69 Å². The molecule has 0 spiro atoms. The second-order valence-electron chi connectivity index (χ2n) is 4.48. The maximum atomic E-state index is 10.6. The van der Waals surface area contributed by atoms with Gasteiger partial charge in [-0.1, -0.05) is 12.1 Å². The number of nitrogens with one attached hydrogen (secondary N) is 1. The van der Waals surface area contributed by atoms with Gasteiger partial charge in [0.1, 0.15) is 12.4 Å². The highest BCUT2D eigenvalue weighted by Crippen LogP contribution is 2.18. The smallest absolute Gasteiger partial charge is 0.269 e. The molecule has 2 rings (SSSR count). The molecule has 0 amide bonds. The third-order valence-corrected chi connectivity index (χ3v) is 2.93. The first-order chi connectivity index (χ1) is 11.1. The van der Waals surface area contributed by atoms with Crippen molar-refractivity contribution in [3.63, 3.8) is 0 Å². The Morgan fingerprint density at radius 2 is 2.00 bits per heavy atom. The molecule has 0 aliphatic heterocycles. The Morgan fingerprint density at radius 3 is 2.65 bits per heavy atom. The number of benzene rings is 2. The molecule has 2 aromatic carbocycles. The molecule has 0 aromatic heterocycles. The van der Waals surface area contributed by atoms with E-state index in [0.29, 0.717) is 5.75 Å². The lowest BCUT2D eigenvalue weighted by atomic mass is 10.2. The van der Waals surface area contributed by atoms with Crippen LogP contribution in [0.4, 0.5) is 5.69 Å². The molecular formula is C15H14N4O3S. The number of hydrogen-bond donors (Lipinski definition) is 2. The van der Waals surface area contributed by atoms with Gasteiger partial charge in [-0.25, -0.2) is 0 Å². The molecule has 0 saturated carbocycles. The fourth-order valence-corrected chi connectivity index (χ4v) is 1.81. The van der Waals surface area contributed by atoms with E-state index >= 15 is 0 Å². The van der Waals surface area contributed by atoms with Crippen LogP contribution in [0.15, 0.2) is 53.6 Å². The van der Waals surface area contributed by atoms with Crippen molar-refractivity contribution in [3.05, 3.63) is 69.8 Å². The molecule has 0 unspecified atom stereocenters. The van der Waals surface area contributed by atoms with E-state index < -0.39 is 4.92 Å². The first-order valence-electron chi connectivity index (χ1n) is 6.60. The van der Waals surface area contributed by atoms with Gasteiger partial charge in [0.2, 0.25) is 0 Å². The Hall–Kier alpha value is -3.00. The average Bonchev–Trinajstić information content (AvgIpc) is 2.54. The summed E-state index contributed by atoms with van der Waals surface area (Å²) in [4.78, 5) is 10.2. The molecule has 0 aliphatic carbocycles. The van der Waals surface area contributed by atoms with E-state index in [-0.39, 0.29) is 17.4 Å². The molecule has 0 heterocycles. The van der Waals surface area contributed by atoms with Crippen LogP contribution in [0.1, 0.15) is 11.1 Å². The number of hydrogen-bond acceptors (Lipinski definition) is 5. The predicted octanol–water partition coefficient (Wildman–Crippen LogP) is 2.34. The second kappa shape index (κ2) is 7.85. The van der Waals surface area contributed by atoms with Crippen LogP contribution in [0.3, 0.4) is 0 Å². The van der Waals surface area contributed by atoms with Crippen LogP contribution in [0.5, 0.6) is 5.75 Å². The molecule has 7 nitrogen and oxygen atoms in total.